The maximum atomic E-state index is 5.38. The Bertz CT molecular complexity index is 225. The Kier molecular flexibility index (Phi) is 2.54. The summed E-state index contributed by atoms with van der Waals surface area (Å²) in [6.45, 7) is 6.00. The van der Waals surface area contributed by atoms with Crippen LogP contribution >= 0.6 is 0 Å². The van der Waals surface area contributed by atoms with Gasteiger partial charge in [0.05, 0.1) is 0 Å². The molecule has 0 heteroatoms. The minimum absolute atomic E-state index is 0.618. The standard InChI is InChI=1S/C11H14/c1-4-10-8-6-7-9(3)11(10)5-2/h1,5,9H,2,6-8H2,3H3. The van der Waals surface area contributed by atoms with Gasteiger partial charge in [-0.05, 0) is 30.8 Å². The molecule has 1 aliphatic carbocycles. The summed E-state index contributed by atoms with van der Waals surface area (Å²) in [5.41, 5.74) is 2.46. The maximum Gasteiger partial charge on any atom is 0.00521 e. The van der Waals surface area contributed by atoms with Crippen LogP contribution in [0, 0.1) is 18.3 Å². The summed E-state index contributed by atoms with van der Waals surface area (Å²) in [4.78, 5) is 0. The van der Waals surface area contributed by atoms with E-state index in [0.29, 0.717) is 5.92 Å². The second-order valence-corrected chi connectivity index (χ2v) is 3.08. The van der Waals surface area contributed by atoms with Crippen molar-refractivity contribution in [1.29, 1.82) is 0 Å². The molecule has 0 bridgehead atoms. The van der Waals surface area contributed by atoms with Gasteiger partial charge in [0, 0.05) is 5.57 Å². The first kappa shape index (κ1) is 8.14. The molecule has 0 aromatic rings. The Morgan fingerprint density at radius 3 is 2.91 bits per heavy atom. The van der Waals surface area contributed by atoms with E-state index >= 15 is 0 Å². The summed E-state index contributed by atoms with van der Waals surface area (Å²) in [5, 5.41) is 0. The number of allylic oxidation sites excluding steroid dienone is 3. The molecule has 0 nitrogen and oxygen atoms in total. The van der Waals surface area contributed by atoms with Crippen molar-refractivity contribution in [2.24, 2.45) is 5.92 Å². The molecule has 0 saturated carbocycles. The number of rotatable bonds is 1. The van der Waals surface area contributed by atoms with Crippen LogP contribution in [0.4, 0.5) is 0 Å². The fourth-order valence-corrected chi connectivity index (χ4v) is 1.66. The van der Waals surface area contributed by atoms with Gasteiger partial charge in [0.25, 0.3) is 0 Å². The number of hydrogen-bond acceptors (Lipinski definition) is 0. The van der Waals surface area contributed by atoms with Crippen LogP contribution in [-0.4, -0.2) is 0 Å². The highest BCUT2D eigenvalue weighted by Crippen LogP contribution is 2.29. The van der Waals surface area contributed by atoms with Gasteiger partial charge < -0.3 is 0 Å². The third kappa shape index (κ3) is 1.54. The Morgan fingerprint density at radius 2 is 2.45 bits per heavy atom. The molecule has 11 heavy (non-hydrogen) atoms. The summed E-state index contributed by atoms with van der Waals surface area (Å²) < 4.78 is 0. The Morgan fingerprint density at radius 1 is 1.73 bits per heavy atom. The van der Waals surface area contributed by atoms with Gasteiger partial charge >= 0.3 is 0 Å². The van der Waals surface area contributed by atoms with Crippen molar-refractivity contribution in [3.63, 3.8) is 0 Å². The fraction of sp³-hybridized carbons (Fsp3) is 0.455. The van der Waals surface area contributed by atoms with E-state index in [-0.39, 0.29) is 0 Å². The zero-order valence-electron chi connectivity index (χ0n) is 7.06. The number of hydrogen-bond donors (Lipinski definition) is 0. The van der Waals surface area contributed by atoms with Gasteiger partial charge in [-0.15, -0.1) is 6.42 Å². The van der Waals surface area contributed by atoms with Crippen molar-refractivity contribution in [3.05, 3.63) is 23.8 Å². The van der Waals surface area contributed by atoms with Gasteiger partial charge in [-0.2, -0.15) is 0 Å². The van der Waals surface area contributed by atoms with E-state index in [9.17, 15) is 0 Å². The molecule has 0 heterocycles. The van der Waals surface area contributed by atoms with Crippen LogP contribution in [0.2, 0.25) is 0 Å². The van der Waals surface area contributed by atoms with Gasteiger partial charge in [0.2, 0.25) is 0 Å². The summed E-state index contributed by atoms with van der Waals surface area (Å²) in [6.07, 6.45) is 10.9. The quantitative estimate of drug-likeness (QED) is 0.499. The molecular weight excluding hydrogens is 132 g/mol. The summed E-state index contributed by atoms with van der Waals surface area (Å²) in [6, 6.07) is 0. The van der Waals surface area contributed by atoms with Crippen LogP contribution in [0.1, 0.15) is 26.2 Å². The fourth-order valence-electron chi connectivity index (χ4n) is 1.66. The first-order valence-corrected chi connectivity index (χ1v) is 4.11. The van der Waals surface area contributed by atoms with Crippen LogP contribution in [0.5, 0.6) is 0 Å². The van der Waals surface area contributed by atoms with Crippen molar-refractivity contribution in [2.75, 3.05) is 0 Å². The molecule has 1 aliphatic rings. The predicted octanol–water partition coefficient (Wildman–Crippen LogP) is 2.92. The molecule has 0 radical (unpaired) electrons. The van der Waals surface area contributed by atoms with Crippen molar-refractivity contribution in [1.82, 2.24) is 0 Å². The lowest BCUT2D eigenvalue weighted by atomic mass is 9.84. The van der Waals surface area contributed by atoms with Crippen LogP contribution in [0.15, 0.2) is 23.8 Å². The molecule has 0 fully saturated rings. The van der Waals surface area contributed by atoms with Gasteiger partial charge in [-0.3, -0.25) is 0 Å². The molecule has 0 aliphatic heterocycles. The largest absolute Gasteiger partial charge is 0.115 e. The molecule has 1 unspecified atom stereocenters. The maximum absolute atomic E-state index is 5.38. The first-order chi connectivity index (χ1) is 5.29. The lowest BCUT2D eigenvalue weighted by Crippen LogP contribution is -2.06. The van der Waals surface area contributed by atoms with Crippen LogP contribution in [-0.2, 0) is 0 Å². The van der Waals surface area contributed by atoms with E-state index in [2.05, 4.69) is 19.4 Å². The van der Waals surface area contributed by atoms with E-state index in [4.69, 9.17) is 6.42 Å². The second kappa shape index (κ2) is 3.44. The van der Waals surface area contributed by atoms with Crippen LogP contribution in [0.25, 0.3) is 0 Å². The Labute approximate surface area is 69.0 Å². The number of terminal acetylenes is 1. The zero-order valence-corrected chi connectivity index (χ0v) is 7.06. The minimum atomic E-state index is 0.618. The summed E-state index contributed by atoms with van der Waals surface area (Å²) >= 11 is 0. The van der Waals surface area contributed by atoms with E-state index in [0.717, 1.165) is 6.42 Å². The van der Waals surface area contributed by atoms with Gasteiger partial charge in [-0.25, -0.2) is 0 Å². The third-order valence-electron chi connectivity index (χ3n) is 2.34. The molecule has 58 valence electrons. The summed E-state index contributed by atoms with van der Waals surface area (Å²) in [5.74, 6) is 3.36. The molecular formula is C11H14. The van der Waals surface area contributed by atoms with Gasteiger partial charge in [0.1, 0.15) is 0 Å². The molecule has 0 aromatic heterocycles. The lowest BCUT2D eigenvalue weighted by molar-refractivity contribution is 0.554. The van der Waals surface area contributed by atoms with Crippen molar-refractivity contribution < 1.29 is 0 Å². The normalized spacial score (nSPS) is 24.5. The van der Waals surface area contributed by atoms with Crippen molar-refractivity contribution in [2.45, 2.75) is 26.2 Å². The molecule has 1 rings (SSSR count). The molecule has 0 N–H and O–H groups in total. The molecule has 0 aromatic carbocycles. The highest BCUT2D eigenvalue weighted by molar-refractivity contribution is 5.39. The highest BCUT2D eigenvalue weighted by Gasteiger charge is 2.15. The van der Waals surface area contributed by atoms with E-state index in [1.807, 2.05) is 6.08 Å². The molecule has 0 amide bonds. The monoisotopic (exact) mass is 146 g/mol. The second-order valence-electron chi connectivity index (χ2n) is 3.08. The highest BCUT2D eigenvalue weighted by atomic mass is 14.2. The smallest absolute Gasteiger partial charge is 0.00521 e. The third-order valence-corrected chi connectivity index (χ3v) is 2.34. The molecule has 0 saturated heterocycles. The topological polar surface area (TPSA) is 0 Å². The van der Waals surface area contributed by atoms with Crippen molar-refractivity contribution >= 4 is 0 Å². The van der Waals surface area contributed by atoms with E-state index in [1.54, 1.807) is 0 Å². The molecule has 0 spiro atoms. The molecule has 1 atom stereocenters. The zero-order chi connectivity index (χ0) is 8.27. The van der Waals surface area contributed by atoms with Gasteiger partial charge in [0.15, 0.2) is 0 Å². The Balaban J connectivity index is 2.97. The SMILES string of the molecule is C#CC1=C(C=C)C(C)CCC1. The van der Waals surface area contributed by atoms with Crippen LogP contribution < -0.4 is 0 Å². The first-order valence-electron chi connectivity index (χ1n) is 4.11. The van der Waals surface area contributed by atoms with E-state index in [1.165, 1.54) is 24.0 Å². The average Bonchev–Trinajstić information content (AvgIpc) is 2.04. The van der Waals surface area contributed by atoms with Crippen LogP contribution in [0.3, 0.4) is 0 Å². The van der Waals surface area contributed by atoms with Crippen molar-refractivity contribution in [3.8, 4) is 12.3 Å². The predicted molar refractivity (Wildman–Crippen MR) is 49.1 cm³/mol. The Hall–Kier alpha value is -0.960. The average molecular weight is 146 g/mol. The van der Waals surface area contributed by atoms with E-state index < -0.39 is 0 Å². The lowest BCUT2D eigenvalue weighted by Gasteiger charge is -2.20. The summed E-state index contributed by atoms with van der Waals surface area (Å²) in [7, 11) is 0. The minimum Gasteiger partial charge on any atom is -0.115 e. The van der Waals surface area contributed by atoms with Gasteiger partial charge in [-0.1, -0.05) is 25.5 Å².